The van der Waals surface area contributed by atoms with Gasteiger partial charge in [0.2, 0.25) is 5.91 Å². The Morgan fingerprint density at radius 3 is 2.44 bits per heavy atom. The maximum atomic E-state index is 13.5. The van der Waals surface area contributed by atoms with Gasteiger partial charge in [-0.25, -0.2) is 0 Å². The Morgan fingerprint density at radius 2 is 1.74 bits per heavy atom. The topological polar surface area (TPSA) is 25.2 Å². The number of benzene rings is 2. The Hall–Kier alpha value is -2.20. The SMILES string of the molecule is CCN(CC)[11C](=O)C1Sc2ccccc2-c2c1c1ccccc1n2C(C)C. The molecule has 1 atom stereocenters. The second-order valence-corrected chi connectivity index (χ2v) is 8.39. The van der Waals surface area contributed by atoms with Crippen molar-refractivity contribution in [2.75, 3.05) is 13.1 Å². The molecule has 1 unspecified atom stereocenters. The zero-order chi connectivity index (χ0) is 19.1. The van der Waals surface area contributed by atoms with Crippen molar-refractivity contribution >= 4 is 28.6 Å². The Bertz CT molecular complexity index is 1000. The predicted octanol–water partition coefficient (Wildman–Crippen LogP) is 5.90. The van der Waals surface area contributed by atoms with Crippen LogP contribution in [0.15, 0.2) is 53.4 Å². The van der Waals surface area contributed by atoms with Gasteiger partial charge in [-0.2, -0.15) is 0 Å². The van der Waals surface area contributed by atoms with E-state index in [-0.39, 0.29) is 11.2 Å². The van der Waals surface area contributed by atoms with Gasteiger partial charge in [0.15, 0.2) is 0 Å². The summed E-state index contributed by atoms with van der Waals surface area (Å²) in [5, 5.41) is 1.01. The van der Waals surface area contributed by atoms with Gasteiger partial charge in [-0.05, 0) is 39.8 Å². The van der Waals surface area contributed by atoms with Crippen molar-refractivity contribution in [1.82, 2.24) is 9.47 Å². The number of para-hydroxylation sites is 1. The zero-order valence-electron chi connectivity index (χ0n) is 16.4. The number of nitrogens with zero attached hydrogens (tertiary/aromatic N) is 2. The number of carbonyl (C=O) groups excluding carboxylic acids is 1. The molecule has 0 fully saturated rings. The molecule has 0 spiro atoms. The molecule has 1 aromatic heterocycles. The third-order valence-corrected chi connectivity index (χ3v) is 6.70. The third-order valence-electron chi connectivity index (χ3n) is 5.41. The number of fused-ring (bicyclic) bond motifs is 5. The maximum absolute atomic E-state index is 13.5. The molecule has 1 aliphatic rings. The Balaban J connectivity index is 2.05. The summed E-state index contributed by atoms with van der Waals surface area (Å²) >= 11 is 1.70. The minimum atomic E-state index is -0.195. The molecule has 4 rings (SSSR count). The standard InChI is InChI=1S/C23H26N2OS/c1-5-24(6-2)23(26)22-20-16-11-7-9-13-18(16)25(15(3)4)21(20)17-12-8-10-14-19(17)27-22/h7-15,22H,5-6H2,1-4H3/i23-1. The molecule has 1 amide bonds. The summed E-state index contributed by atoms with van der Waals surface area (Å²) in [6.07, 6.45) is 0. The van der Waals surface area contributed by atoms with E-state index in [2.05, 4.69) is 80.8 Å². The number of likely N-dealkylation sites (N-methyl/N-ethyl adjacent to an activating group) is 1. The third kappa shape index (κ3) is 2.78. The van der Waals surface area contributed by atoms with E-state index in [1.54, 1.807) is 11.8 Å². The van der Waals surface area contributed by atoms with Crippen LogP contribution in [0.5, 0.6) is 0 Å². The lowest BCUT2D eigenvalue weighted by molar-refractivity contribution is -0.130. The molecular formula is C23H26N2OS. The molecule has 3 nitrogen and oxygen atoms in total. The van der Waals surface area contributed by atoms with Crippen molar-refractivity contribution in [3.05, 3.63) is 54.1 Å². The van der Waals surface area contributed by atoms with Crippen LogP contribution in [0.1, 0.15) is 44.6 Å². The van der Waals surface area contributed by atoms with Crippen LogP contribution in [0.25, 0.3) is 22.2 Å². The van der Waals surface area contributed by atoms with Gasteiger partial charge in [-0.1, -0.05) is 36.4 Å². The van der Waals surface area contributed by atoms with Crippen LogP contribution in [-0.2, 0) is 4.79 Å². The molecule has 0 saturated carbocycles. The number of thioether (sulfide) groups is 1. The molecule has 3 aromatic rings. The van der Waals surface area contributed by atoms with Crippen LogP contribution in [0, 0.1) is 0 Å². The molecule has 0 saturated heterocycles. The zero-order valence-corrected chi connectivity index (χ0v) is 17.2. The summed E-state index contributed by atoms with van der Waals surface area (Å²) in [5.41, 5.74) is 4.85. The van der Waals surface area contributed by atoms with E-state index in [9.17, 15) is 4.79 Å². The smallest absolute Gasteiger partial charge is 0.240 e. The number of hydrogen-bond donors (Lipinski definition) is 0. The first-order valence-electron chi connectivity index (χ1n) is 9.76. The summed E-state index contributed by atoms with van der Waals surface area (Å²) < 4.78 is 2.41. The van der Waals surface area contributed by atoms with Crippen LogP contribution in [0.3, 0.4) is 0 Å². The number of rotatable bonds is 4. The summed E-state index contributed by atoms with van der Waals surface area (Å²) in [5.74, 6) is 0.215. The molecular weight excluding hydrogens is 351 g/mol. The second-order valence-electron chi connectivity index (χ2n) is 7.25. The Morgan fingerprint density at radius 1 is 1.07 bits per heavy atom. The molecule has 2 aromatic carbocycles. The molecule has 0 radical (unpaired) electrons. The molecule has 4 heteroatoms. The monoisotopic (exact) mass is 377 g/mol. The average molecular weight is 378 g/mol. The predicted molar refractivity (Wildman–Crippen MR) is 114 cm³/mol. The van der Waals surface area contributed by atoms with Gasteiger partial charge in [0, 0.05) is 46.1 Å². The lowest BCUT2D eigenvalue weighted by Crippen LogP contribution is -2.34. The molecule has 140 valence electrons. The minimum Gasteiger partial charge on any atom is -0.342 e. The maximum Gasteiger partial charge on any atom is 0.240 e. The first-order valence-corrected chi connectivity index (χ1v) is 10.6. The van der Waals surface area contributed by atoms with Crippen LogP contribution < -0.4 is 0 Å². The molecule has 0 bridgehead atoms. The fourth-order valence-corrected chi connectivity index (χ4v) is 5.50. The highest BCUT2D eigenvalue weighted by atomic mass is 32.2. The van der Waals surface area contributed by atoms with E-state index >= 15 is 0 Å². The molecule has 1 aliphatic heterocycles. The summed E-state index contributed by atoms with van der Waals surface area (Å²) in [6, 6.07) is 17.3. The quantitative estimate of drug-likeness (QED) is 0.565. The lowest BCUT2D eigenvalue weighted by atomic mass is 9.83. The van der Waals surface area contributed by atoms with Gasteiger partial charge >= 0.3 is 0 Å². The highest BCUT2D eigenvalue weighted by Crippen LogP contribution is 2.53. The van der Waals surface area contributed by atoms with E-state index in [1.165, 1.54) is 32.6 Å². The van der Waals surface area contributed by atoms with E-state index in [0.29, 0.717) is 6.04 Å². The summed E-state index contributed by atoms with van der Waals surface area (Å²) in [6.45, 7) is 10.0. The van der Waals surface area contributed by atoms with E-state index in [4.69, 9.17) is 0 Å². The van der Waals surface area contributed by atoms with Crippen molar-refractivity contribution in [3.8, 4) is 11.3 Å². The van der Waals surface area contributed by atoms with Gasteiger partial charge < -0.3 is 9.47 Å². The van der Waals surface area contributed by atoms with Crippen molar-refractivity contribution < 1.29 is 4.79 Å². The van der Waals surface area contributed by atoms with Gasteiger partial charge in [0.05, 0.1) is 5.69 Å². The van der Waals surface area contributed by atoms with Crippen molar-refractivity contribution in [3.63, 3.8) is 0 Å². The molecule has 2 heterocycles. The number of aromatic nitrogens is 1. The van der Waals surface area contributed by atoms with Crippen molar-refractivity contribution in [2.45, 2.75) is 43.9 Å². The second kappa shape index (κ2) is 7.08. The van der Waals surface area contributed by atoms with E-state index < -0.39 is 0 Å². The summed E-state index contributed by atoms with van der Waals surface area (Å²) in [4.78, 5) is 16.6. The highest BCUT2D eigenvalue weighted by molar-refractivity contribution is 8.00. The highest BCUT2D eigenvalue weighted by Gasteiger charge is 2.37. The number of hydrogen-bond acceptors (Lipinski definition) is 2. The number of amides is 1. The van der Waals surface area contributed by atoms with Crippen LogP contribution in [0.2, 0.25) is 0 Å². The fraction of sp³-hybridized carbons (Fsp3) is 0.348. The minimum absolute atomic E-state index is 0.195. The Kier molecular flexibility index (Phi) is 4.77. The first kappa shape index (κ1) is 18.2. The normalized spacial score (nSPS) is 15.7. The van der Waals surface area contributed by atoms with Crippen molar-refractivity contribution in [2.24, 2.45) is 0 Å². The van der Waals surface area contributed by atoms with E-state index in [0.717, 1.165) is 13.1 Å². The largest absolute Gasteiger partial charge is 0.342 e. The van der Waals surface area contributed by atoms with Crippen LogP contribution in [0.4, 0.5) is 0 Å². The van der Waals surface area contributed by atoms with E-state index in [1.807, 2.05) is 4.90 Å². The lowest BCUT2D eigenvalue weighted by Gasteiger charge is -2.30. The first-order chi connectivity index (χ1) is 13.1. The molecule has 0 aliphatic carbocycles. The Labute approximate surface area is 165 Å². The summed E-state index contributed by atoms with van der Waals surface area (Å²) in [7, 11) is 0. The van der Waals surface area contributed by atoms with Gasteiger partial charge in [-0.3, -0.25) is 4.79 Å². The van der Waals surface area contributed by atoms with Gasteiger partial charge in [0.25, 0.3) is 0 Å². The van der Waals surface area contributed by atoms with Gasteiger partial charge in [0.1, 0.15) is 5.25 Å². The van der Waals surface area contributed by atoms with Crippen LogP contribution >= 0.6 is 11.8 Å². The van der Waals surface area contributed by atoms with Crippen LogP contribution in [-0.4, -0.2) is 28.5 Å². The number of carbonyl (C=O) groups is 1. The molecule has 0 N–H and O–H groups in total. The van der Waals surface area contributed by atoms with Gasteiger partial charge in [-0.15, -0.1) is 11.8 Å². The fourth-order valence-electron chi connectivity index (χ4n) is 4.19. The van der Waals surface area contributed by atoms with Crippen molar-refractivity contribution in [1.29, 1.82) is 0 Å². The average Bonchev–Trinajstić information content (AvgIpc) is 3.04. The molecule has 27 heavy (non-hydrogen) atoms.